The summed E-state index contributed by atoms with van der Waals surface area (Å²) < 4.78 is 6.30. The summed E-state index contributed by atoms with van der Waals surface area (Å²) >= 11 is 2.19. The molecule has 0 saturated carbocycles. The molecule has 1 atom stereocenters. The summed E-state index contributed by atoms with van der Waals surface area (Å²) in [5.41, 5.74) is 2.17. The number of carbonyl (C=O) groups excluding carboxylic acids is 1. The Morgan fingerprint density at radius 2 is 2.05 bits per heavy atom. The predicted octanol–water partition coefficient (Wildman–Crippen LogP) is 2.70. The summed E-state index contributed by atoms with van der Waals surface area (Å²) in [5.74, 6) is 0.446. The van der Waals surface area contributed by atoms with Gasteiger partial charge in [0.1, 0.15) is 11.9 Å². The standard InChI is InChI=1S/C15H12INO3/c16-11-4-2-1-3-10(11)15(19)9-5-6-13-12(7-9)17-14(18)8-20-13/h1-7,15,19H,8H2,(H,17,18). The Labute approximate surface area is 129 Å². The van der Waals surface area contributed by atoms with E-state index >= 15 is 0 Å². The highest BCUT2D eigenvalue weighted by atomic mass is 127. The maximum Gasteiger partial charge on any atom is 0.262 e. The maximum absolute atomic E-state index is 11.3. The fourth-order valence-electron chi connectivity index (χ4n) is 2.15. The Bertz CT molecular complexity index is 672. The average molecular weight is 381 g/mol. The third-order valence-corrected chi connectivity index (χ3v) is 4.13. The largest absolute Gasteiger partial charge is 0.482 e. The number of fused-ring (bicyclic) bond motifs is 1. The first-order valence-corrected chi connectivity index (χ1v) is 7.22. The minimum atomic E-state index is -0.729. The summed E-state index contributed by atoms with van der Waals surface area (Å²) in [4.78, 5) is 11.3. The molecule has 0 aliphatic carbocycles. The number of hydrogen-bond acceptors (Lipinski definition) is 3. The number of rotatable bonds is 2. The van der Waals surface area contributed by atoms with Gasteiger partial charge in [-0.25, -0.2) is 0 Å². The van der Waals surface area contributed by atoms with Gasteiger partial charge < -0.3 is 15.2 Å². The SMILES string of the molecule is O=C1COc2ccc(C(O)c3ccccc3I)cc2N1. The van der Waals surface area contributed by atoms with Crippen LogP contribution in [0.5, 0.6) is 5.75 Å². The van der Waals surface area contributed by atoms with Crippen molar-refractivity contribution in [2.75, 3.05) is 11.9 Å². The zero-order valence-corrected chi connectivity index (χ0v) is 12.6. The molecule has 1 amide bonds. The van der Waals surface area contributed by atoms with Gasteiger partial charge in [-0.05, 0) is 51.9 Å². The first kappa shape index (κ1) is 13.4. The van der Waals surface area contributed by atoms with Gasteiger partial charge in [-0.3, -0.25) is 4.79 Å². The Morgan fingerprint density at radius 3 is 2.85 bits per heavy atom. The zero-order chi connectivity index (χ0) is 14.1. The Kier molecular flexibility index (Phi) is 3.62. The van der Waals surface area contributed by atoms with Gasteiger partial charge in [0.15, 0.2) is 6.61 Å². The van der Waals surface area contributed by atoms with Crippen molar-refractivity contribution in [3.63, 3.8) is 0 Å². The van der Waals surface area contributed by atoms with Gasteiger partial charge in [0, 0.05) is 3.57 Å². The molecule has 0 fully saturated rings. The smallest absolute Gasteiger partial charge is 0.262 e. The van der Waals surface area contributed by atoms with Crippen LogP contribution in [0.1, 0.15) is 17.2 Å². The van der Waals surface area contributed by atoms with Crippen LogP contribution in [0.3, 0.4) is 0 Å². The van der Waals surface area contributed by atoms with Crippen LogP contribution in [-0.2, 0) is 4.79 Å². The first-order valence-electron chi connectivity index (χ1n) is 6.14. The zero-order valence-electron chi connectivity index (χ0n) is 10.5. The first-order chi connectivity index (χ1) is 9.65. The van der Waals surface area contributed by atoms with Crippen molar-refractivity contribution in [1.82, 2.24) is 0 Å². The molecule has 3 rings (SSSR count). The molecule has 1 heterocycles. The molecule has 4 nitrogen and oxygen atoms in total. The van der Waals surface area contributed by atoms with Crippen LogP contribution in [0.25, 0.3) is 0 Å². The van der Waals surface area contributed by atoms with Crippen molar-refractivity contribution in [1.29, 1.82) is 0 Å². The van der Waals surface area contributed by atoms with Crippen LogP contribution in [0.15, 0.2) is 42.5 Å². The van der Waals surface area contributed by atoms with Crippen LogP contribution < -0.4 is 10.1 Å². The lowest BCUT2D eigenvalue weighted by Gasteiger charge is -2.20. The number of nitrogens with one attached hydrogen (secondary N) is 1. The topological polar surface area (TPSA) is 58.6 Å². The van der Waals surface area contributed by atoms with Crippen molar-refractivity contribution < 1.29 is 14.6 Å². The molecule has 20 heavy (non-hydrogen) atoms. The van der Waals surface area contributed by atoms with Gasteiger partial charge in [0.2, 0.25) is 0 Å². The number of halogens is 1. The third-order valence-electron chi connectivity index (χ3n) is 3.15. The van der Waals surface area contributed by atoms with Gasteiger partial charge in [-0.15, -0.1) is 0 Å². The molecule has 2 aromatic rings. The van der Waals surface area contributed by atoms with Gasteiger partial charge in [-0.1, -0.05) is 24.3 Å². The number of aliphatic hydroxyl groups excluding tert-OH is 1. The van der Waals surface area contributed by atoms with E-state index in [1.54, 1.807) is 12.1 Å². The molecule has 1 aliphatic heterocycles. The predicted molar refractivity (Wildman–Crippen MR) is 83.8 cm³/mol. The van der Waals surface area contributed by atoms with E-state index in [1.165, 1.54) is 0 Å². The monoisotopic (exact) mass is 381 g/mol. The van der Waals surface area contributed by atoms with Crippen molar-refractivity contribution in [2.24, 2.45) is 0 Å². The fraction of sp³-hybridized carbons (Fsp3) is 0.133. The normalized spacial score (nSPS) is 15.0. The number of carbonyl (C=O) groups is 1. The van der Waals surface area contributed by atoms with Crippen LogP contribution in [-0.4, -0.2) is 17.6 Å². The van der Waals surface area contributed by atoms with Crippen LogP contribution >= 0.6 is 22.6 Å². The fourth-order valence-corrected chi connectivity index (χ4v) is 2.83. The van der Waals surface area contributed by atoms with Crippen LogP contribution in [0, 0.1) is 3.57 Å². The van der Waals surface area contributed by atoms with Gasteiger partial charge in [0.25, 0.3) is 5.91 Å². The van der Waals surface area contributed by atoms with E-state index in [9.17, 15) is 9.90 Å². The lowest BCUT2D eigenvalue weighted by atomic mass is 10.0. The number of hydrogen-bond donors (Lipinski definition) is 2. The number of ether oxygens (including phenoxy) is 1. The molecule has 1 aliphatic rings. The van der Waals surface area contributed by atoms with Crippen molar-refractivity contribution >= 4 is 34.2 Å². The molecular formula is C15H12INO3. The highest BCUT2D eigenvalue weighted by molar-refractivity contribution is 14.1. The van der Waals surface area contributed by atoms with E-state index in [-0.39, 0.29) is 12.5 Å². The molecular weight excluding hydrogens is 369 g/mol. The summed E-state index contributed by atoms with van der Waals surface area (Å²) in [6.07, 6.45) is -0.729. The van der Waals surface area contributed by atoms with Crippen molar-refractivity contribution in [3.05, 3.63) is 57.2 Å². The number of benzene rings is 2. The molecule has 0 saturated heterocycles. The number of anilines is 1. The molecule has 0 spiro atoms. The molecule has 2 aromatic carbocycles. The molecule has 2 N–H and O–H groups in total. The minimum absolute atomic E-state index is 0.0332. The number of aliphatic hydroxyl groups is 1. The van der Waals surface area contributed by atoms with E-state index in [4.69, 9.17) is 4.74 Å². The molecule has 1 unspecified atom stereocenters. The van der Waals surface area contributed by atoms with E-state index in [0.29, 0.717) is 11.4 Å². The van der Waals surface area contributed by atoms with Crippen LogP contribution in [0.4, 0.5) is 5.69 Å². The summed E-state index contributed by atoms with van der Waals surface area (Å²) in [5, 5.41) is 13.2. The minimum Gasteiger partial charge on any atom is -0.482 e. The average Bonchev–Trinajstić information content (AvgIpc) is 2.46. The molecule has 0 aromatic heterocycles. The second kappa shape index (κ2) is 5.41. The maximum atomic E-state index is 11.3. The van der Waals surface area contributed by atoms with Gasteiger partial charge in [0.05, 0.1) is 5.69 Å². The third kappa shape index (κ3) is 2.51. The summed E-state index contributed by atoms with van der Waals surface area (Å²) in [6, 6.07) is 13.0. The highest BCUT2D eigenvalue weighted by Gasteiger charge is 2.19. The number of amides is 1. The molecule has 5 heteroatoms. The highest BCUT2D eigenvalue weighted by Crippen LogP contribution is 2.33. The quantitative estimate of drug-likeness (QED) is 0.787. The van der Waals surface area contributed by atoms with Gasteiger partial charge >= 0.3 is 0 Å². The van der Waals surface area contributed by atoms with Crippen molar-refractivity contribution in [2.45, 2.75) is 6.10 Å². The Hall–Kier alpha value is -1.60. The Balaban J connectivity index is 1.97. The van der Waals surface area contributed by atoms with E-state index in [0.717, 1.165) is 14.7 Å². The Morgan fingerprint density at radius 1 is 1.25 bits per heavy atom. The van der Waals surface area contributed by atoms with E-state index < -0.39 is 6.10 Å². The van der Waals surface area contributed by atoms with Crippen molar-refractivity contribution in [3.8, 4) is 5.75 Å². The second-order valence-electron chi connectivity index (χ2n) is 4.52. The molecule has 102 valence electrons. The lowest BCUT2D eigenvalue weighted by Crippen LogP contribution is -2.25. The van der Waals surface area contributed by atoms with Gasteiger partial charge in [-0.2, -0.15) is 0 Å². The molecule has 0 bridgehead atoms. The summed E-state index contributed by atoms with van der Waals surface area (Å²) in [7, 11) is 0. The lowest BCUT2D eigenvalue weighted by molar-refractivity contribution is -0.118. The van der Waals surface area contributed by atoms with Crippen LogP contribution in [0.2, 0.25) is 0 Å². The second-order valence-corrected chi connectivity index (χ2v) is 5.68. The van der Waals surface area contributed by atoms with E-state index in [2.05, 4.69) is 27.9 Å². The molecule has 0 radical (unpaired) electrons. The van der Waals surface area contributed by atoms with E-state index in [1.807, 2.05) is 30.3 Å². The summed E-state index contributed by atoms with van der Waals surface area (Å²) in [6.45, 7) is 0.0332.